The molecule has 0 fully saturated rings. The van der Waals surface area contributed by atoms with Crippen molar-refractivity contribution in [3.63, 3.8) is 0 Å². The van der Waals surface area contributed by atoms with Crippen LogP contribution in [0.15, 0.2) is 18.2 Å². The first kappa shape index (κ1) is 4.56. The molecule has 0 bridgehead atoms. The molecule has 42 valence electrons. The number of benzene rings is 1. The van der Waals surface area contributed by atoms with Gasteiger partial charge in [0.25, 0.3) is 0 Å². The van der Waals surface area contributed by atoms with E-state index >= 15 is 0 Å². The number of hydrogen-bond donors (Lipinski definition) is 0. The smallest absolute Gasteiger partial charge is 0.399 e. The Bertz CT molecular complexity index is 255. The predicted molar refractivity (Wildman–Crippen MR) is 33.8 cm³/mol. The van der Waals surface area contributed by atoms with E-state index in [2.05, 4.69) is 11.1 Å². The largest absolute Gasteiger partial charge is 0.404 e. The SMILES string of the molecule is [c]1ccc2c(c1)OC=[N+]2. The first-order valence-corrected chi connectivity index (χ1v) is 2.66. The number of rotatable bonds is 0. The third-order valence-electron chi connectivity index (χ3n) is 1.18. The molecule has 1 aliphatic rings. The molecule has 0 unspecified atom stereocenters. The van der Waals surface area contributed by atoms with Gasteiger partial charge in [0.05, 0.1) is 0 Å². The molecule has 2 rings (SSSR count). The van der Waals surface area contributed by atoms with Crippen LogP contribution in [-0.2, 0) is 0 Å². The molecule has 1 aromatic rings. The second kappa shape index (κ2) is 1.58. The third-order valence-corrected chi connectivity index (χ3v) is 1.18. The summed E-state index contributed by atoms with van der Waals surface area (Å²) in [7, 11) is 0. The van der Waals surface area contributed by atoms with Crippen molar-refractivity contribution in [2.45, 2.75) is 0 Å². The monoisotopic (exact) mass is 118 g/mol. The van der Waals surface area contributed by atoms with Gasteiger partial charge < -0.3 is 4.74 Å². The van der Waals surface area contributed by atoms with E-state index in [1.165, 1.54) is 6.40 Å². The van der Waals surface area contributed by atoms with E-state index < -0.39 is 0 Å². The quantitative estimate of drug-likeness (QED) is 0.496. The molecule has 2 nitrogen and oxygen atoms in total. The third kappa shape index (κ3) is 0.598. The van der Waals surface area contributed by atoms with Gasteiger partial charge in [0.2, 0.25) is 5.75 Å². The van der Waals surface area contributed by atoms with Crippen molar-refractivity contribution in [3.05, 3.63) is 24.3 Å². The van der Waals surface area contributed by atoms with E-state index in [0.717, 1.165) is 11.4 Å². The van der Waals surface area contributed by atoms with Gasteiger partial charge in [-0.1, -0.05) is 0 Å². The second-order valence-electron chi connectivity index (χ2n) is 1.75. The molecule has 0 aliphatic carbocycles. The van der Waals surface area contributed by atoms with Crippen LogP contribution in [0.4, 0.5) is 5.69 Å². The molecular formula is C7H4NO+. The van der Waals surface area contributed by atoms with Crippen molar-refractivity contribution >= 4 is 12.1 Å². The lowest BCUT2D eigenvalue weighted by molar-refractivity contribution is 0.592. The zero-order valence-corrected chi connectivity index (χ0v) is 4.66. The van der Waals surface area contributed by atoms with Crippen LogP contribution in [0.5, 0.6) is 5.75 Å². The molecule has 0 saturated carbocycles. The molecule has 0 spiro atoms. The van der Waals surface area contributed by atoms with Gasteiger partial charge in [-0.15, -0.1) is 0 Å². The van der Waals surface area contributed by atoms with Gasteiger partial charge in [0.1, 0.15) is 4.99 Å². The van der Waals surface area contributed by atoms with E-state index in [1.54, 1.807) is 6.07 Å². The van der Waals surface area contributed by atoms with Crippen molar-refractivity contribution in [2.24, 2.45) is 0 Å². The van der Waals surface area contributed by atoms with Crippen molar-refractivity contribution in [1.82, 2.24) is 4.99 Å². The summed E-state index contributed by atoms with van der Waals surface area (Å²) in [4.78, 5) is 3.93. The molecule has 9 heavy (non-hydrogen) atoms. The van der Waals surface area contributed by atoms with Crippen LogP contribution in [0.25, 0.3) is 0 Å². The fourth-order valence-electron chi connectivity index (χ4n) is 0.748. The van der Waals surface area contributed by atoms with Crippen molar-refractivity contribution in [1.29, 1.82) is 0 Å². The van der Waals surface area contributed by atoms with Gasteiger partial charge in [-0.05, 0) is 18.2 Å². The summed E-state index contributed by atoms with van der Waals surface area (Å²) in [5.41, 5.74) is 0.883. The van der Waals surface area contributed by atoms with Gasteiger partial charge in [0.15, 0.2) is 0 Å². The maximum Gasteiger partial charge on any atom is 0.404 e. The van der Waals surface area contributed by atoms with Crippen LogP contribution in [-0.4, -0.2) is 6.40 Å². The Labute approximate surface area is 52.8 Å². The van der Waals surface area contributed by atoms with Crippen LogP contribution in [0.3, 0.4) is 0 Å². The summed E-state index contributed by atoms with van der Waals surface area (Å²) < 4.78 is 4.98. The highest BCUT2D eigenvalue weighted by Gasteiger charge is 2.17. The van der Waals surface area contributed by atoms with E-state index in [-0.39, 0.29) is 0 Å². The molecule has 0 saturated heterocycles. The molecule has 0 amide bonds. The Morgan fingerprint density at radius 3 is 3.44 bits per heavy atom. The van der Waals surface area contributed by atoms with Gasteiger partial charge >= 0.3 is 12.1 Å². The van der Waals surface area contributed by atoms with E-state index in [4.69, 9.17) is 4.74 Å². The Morgan fingerprint density at radius 1 is 1.56 bits per heavy atom. The van der Waals surface area contributed by atoms with Crippen LogP contribution in [0, 0.1) is 6.07 Å². The fraction of sp³-hybridized carbons (Fsp3) is 0. The lowest BCUT2D eigenvalue weighted by Crippen LogP contribution is -1.81. The van der Waals surface area contributed by atoms with E-state index in [1.807, 2.05) is 12.1 Å². The topological polar surface area (TPSA) is 23.3 Å². The average molecular weight is 118 g/mol. The molecule has 0 N–H and O–H groups in total. The highest BCUT2D eigenvalue weighted by molar-refractivity contribution is 5.68. The average Bonchev–Trinajstić information content (AvgIpc) is 2.33. The highest BCUT2D eigenvalue weighted by atomic mass is 16.5. The first-order valence-electron chi connectivity index (χ1n) is 2.66. The number of fused-ring (bicyclic) bond motifs is 1. The van der Waals surface area contributed by atoms with Crippen LogP contribution in [0.2, 0.25) is 0 Å². The molecule has 1 aromatic carbocycles. The lowest BCUT2D eigenvalue weighted by Gasteiger charge is -1.83. The minimum absolute atomic E-state index is 0.789. The maximum atomic E-state index is 4.98. The van der Waals surface area contributed by atoms with Gasteiger partial charge in [-0.2, -0.15) is 0 Å². The van der Waals surface area contributed by atoms with Crippen molar-refractivity contribution in [3.8, 4) is 5.75 Å². The van der Waals surface area contributed by atoms with Gasteiger partial charge in [0, 0.05) is 6.07 Å². The Morgan fingerprint density at radius 2 is 2.56 bits per heavy atom. The summed E-state index contributed by atoms with van der Waals surface area (Å²) in [6.45, 7) is 0. The zero-order chi connectivity index (χ0) is 6.10. The number of hydrogen-bond acceptors (Lipinski definition) is 2. The lowest BCUT2D eigenvalue weighted by atomic mass is 10.3. The van der Waals surface area contributed by atoms with E-state index in [9.17, 15) is 0 Å². The summed E-state index contributed by atoms with van der Waals surface area (Å²) >= 11 is 0. The van der Waals surface area contributed by atoms with Crippen LogP contribution in [0.1, 0.15) is 0 Å². The number of aliphatic imine (C=N–C) groups is 1. The Kier molecular flexibility index (Phi) is 0.803. The fourth-order valence-corrected chi connectivity index (χ4v) is 0.748. The molecule has 0 aromatic heterocycles. The van der Waals surface area contributed by atoms with Crippen LogP contribution < -0.4 is 9.73 Å². The summed E-state index contributed by atoms with van der Waals surface area (Å²) in [6, 6.07) is 8.32. The molecule has 1 aliphatic heterocycles. The minimum atomic E-state index is 0.789. The maximum absolute atomic E-state index is 4.98. The second-order valence-corrected chi connectivity index (χ2v) is 1.75. The zero-order valence-electron chi connectivity index (χ0n) is 4.66. The molecule has 2 radical (unpaired) electrons. The molecular weight excluding hydrogens is 114 g/mol. The summed E-state index contributed by atoms with van der Waals surface area (Å²) in [5, 5.41) is 0. The number of nitrogens with zero attached hydrogens (tertiary/aromatic N) is 1. The Hall–Kier alpha value is -1.31. The molecule has 0 atom stereocenters. The first-order chi connectivity index (χ1) is 4.47. The summed E-state index contributed by atoms with van der Waals surface area (Å²) in [5.74, 6) is 0.789. The van der Waals surface area contributed by atoms with Crippen molar-refractivity contribution < 1.29 is 4.74 Å². The van der Waals surface area contributed by atoms with E-state index in [0.29, 0.717) is 0 Å². The normalized spacial score (nSPS) is 12.9. The van der Waals surface area contributed by atoms with Gasteiger partial charge in [-0.3, -0.25) is 0 Å². The summed E-state index contributed by atoms with van der Waals surface area (Å²) in [6.07, 6.45) is 1.43. The number of ether oxygens (including phenoxy) is 1. The molecule has 1 heterocycles. The van der Waals surface area contributed by atoms with Crippen LogP contribution >= 0.6 is 0 Å². The highest BCUT2D eigenvalue weighted by Crippen LogP contribution is 2.23. The minimum Gasteiger partial charge on any atom is -0.399 e. The van der Waals surface area contributed by atoms with Crippen molar-refractivity contribution in [2.75, 3.05) is 0 Å². The standard InChI is InChI=1S/C7H4NO/c1-2-4-7-6(3-1)8-5-9-7/h1,3-5H/q+1. The van der Waals surface area contributed by atoms with Gasteiger partial charge in [-0.25, -0.2) is 0 Å². The molecule has 2 heteroatoms. The Balaban J connectivity index is 2.63. The predicted octanol–water partition coefficient (Wildman–Crippen LogP) is 0.875.